The zero-order valence-corrected chi connectivity index (χ0v) is 16.8. The molecule has 138 valence electrons. The van der Waals surface area contributed by atoms with Gasteiger partial charge >= 0.3 is 0 Å². The Morgan fingerprint density at radius 1 is 0.607 bits per heavy atom. The van der Waals surface area contributed by atoms with Crippen molar-refractivity contribution in [2.45, 2.75) is 0 Å². The van der Waals surface area contributed by atoms with Gasteiger partial charge in [-0.1, -0.05) is 25.3 Å². The zero-order valence-electron chi connectivity index (χ0n) is 15.2. The molecular formula is C22H18N4S2. The maximum atomic E-state index is 4.62. The van der Waals surface area contributed by atoms with E-state index in [1.54, 1.807) is 35.1 Å². The summed E-state index contributed by atoms with van der Waals surface area (Å²) < 4.78 is 0. The molecule has 0 N–H and O–H groups in total. The minimum Gasteiger partial charge on any atom is -0.262 e. The van der Waals surface area contributed by atoms with E-state index in [9.17, 15) is 0 Å². The molecule has 0 atom stereocenters. The van der Waals surface area contributed by atoms with E-state index in [1.165, 1.54) is 0 Å². The van der Waals surface area contributed by atoms with Crippen molar-refractivity contribution in [2.24, 2.45) is 20.0 Å². The number of aliphatic imine (C=N–C) groups is 4. The Morgan fingerprint density at radius 3 is 1.32 bits per heavy atom. The summed E-state index contributed by atoms with van der Waals surface area (Å²) in [6.07, 6.45) is 7.25. The highest BCUT2D eigenvalue weighted by molar-refractivity contribution is 7.14. The second kappa shape index (κ2) is 9.12. The van der Waals surface area contributed by atoms with Gasteiger partial charge in [0, 0.05) is 31.9 Å². The maximum Gasteiger partial charge on any atom is 0.0909 e. The number of thiophene rings is 2. The molecule has 0 spiro atoms. The first-order chi connectivity index (χ1) is 13.7. The third-order valence-corrected chi connectivity index (χ3v) is 5.80. The van der Waals surface area contributed by atoms with Crippen LogP contribution in [0.15, 0.2) is 69.5 Å². The average Bonchev–Trinajstić information content (AvgIpc) is 3.39. The van der Waals surface area contributed by atoms with Gasteiger partial charge in [0.05, 0.1) is 22.7 Å². The molecular weight excluding hydrogens is 384 g/mol. The lowest BCUT2D eigenvalue weighted by atomic mass is 10.2. The Kier molecular flexibility index (Phi) is 6.37. The summed E-state index contributed by atoms with van der Waals surface area (Å²) in [7, 11) is 0. The van der Waals surface area contributed by atoms with E-state index in [1.807, 2.05) is 48.6 Å². The Morgan fingerprint density at radius 2 is 1.00 bits per heavy atom. The average molecular weight is 403 g/mol. The van der Waals surface area contributed by atoms with Crippen molar-refractivity contribution < 1.29 is 0 Å². The summed E-state index contributed by atoms with van der Waals surface area (Å²) in [6.45, 7) is 14.8. The molecule has 0 aliphatic heterocycles. The second-order valence-corrected chi connectivity index (χ2v) is 7.84. The van der Waals surface area contributed by atoms with Crippen molar-refractivity contribution in [1.29, 1.82) is 0 Å². The van der Waals surface area contributed by atoms with E-state index < -0.39 is 0 Å². The highest BCUT2D eigenvalue weighted by Crippen LogP contribution is 2.40. The molecule has 2 aromatic heterocycles. The first-order valence-electron chi connectivity index (χ1n) is 8.31. The first kappa shape index (κ1) is 19.5. The van der Waals surface area contributed by atoms with Gasteiger partial charge < -0.3 is 0 Å². The fourth-order valence-corrected chi connectivity index (χ4v) is 3.84. The van der Waals surface area contributed by atoms with Crippen molar-refractivity contribution in [2.75, 3.05) is 0 Å². The van der Waals surface area contributed by atoms with Crippen LogP contribution in [0.2, 0.25) is 0 Å². The number of benzene rings is 1. The highest BCUT2D eigenvalue weighted by atomic mass is 32.1. The molecule has 0 amide bonds. The molecule has 0 saturated carbocycles. The third-order valence-electron chi connectivity index (χ3n) is 3.77. The van der Waals surface area contributed by atoms with Gasteiger partial charge in [-0.15, -0.1) is 22.7 Å². The molecule has 28 heavy (non-hydrogen) atoms. The lowest BCUT2D eigenvalue weighted by Gasteiger charge is -2.05. The predicted molar refractivity (Wildman–Crippen MR) is 128 cm³/mol. The van der Waals surface area contributed by atoms with Gasteiger partial charge in [-0.3, -0.25) is 20.0 Å². The van der Waals surface area contributed by atoms with E-state index in [0.717, 1.165) is 19.5 Å². The molecule has 0 bridgehead atoms. The van der Waals surface area contributed by atoms with Gasteiger partial charge in [-0.05, 0) is 49.8 Å². The van der Waals surface area contributed by atoms with E-state index in [4.69, 9.17) is 0 Å². The van der Waals surface area contributed by atoms with Crippen LogP contribution in [0.1, 0.15) is 19.5 Å². The third kappa shape index (κ3) is 4.54. The number of nitrogens with zero attached hydrogens (tertiary/aromatic N) is 4. The Hall–Kier alpha value is -3.22. The molecule has 0 fully saturated rings. The van der Waals surface area contributed by atoms with Crippen LogP contribution >= 0.6 is 22.7 Å². The summed E-state index contributed by atoms with van der Waals surface area (Å²) >= 11 is 3.23. The van der Waals surface area contributed by atoms with Crippen LogP contribution in [0.5, 0.6) is 0 Å². The van der Waals surface area contributed by atoms with Crippen molar-refractivity contribution in [1.82, 2.24) is 0 Å². The normalized spacial score (nSPS) is 11.1. The topological polar surface area (TPSA) is 49.4 Å². The molecule has 0 aliphatic carbocycles. The zero-order chi connectivity index (χ0) is 19.9. The summed E-state index contributed by atoms with van der Waals surface area (Å²) in [5, 5.41) is 0. The number of hydrogen-bond donors (Lipinski definition) is 0. The SMILES string of the molecule is C=Cc1ccc(C=Nc2cc(N=C)c(N=C)cc2/N=C/c2ccc(C=C)s2)s1. The van der Waals surface area contributed by atoms with Crippen LogP contribution in [0, 0.1) is 0 Å². The summed E-state index contributed by atoms with van der Waals surface area (Å²) in [4.78, 5) is 21.5. The van der Waals surface area contributed by atoms with Crippen molar-refractivity contribution in [3.05, 3.63) is 69.1 Å². The van der Waals surface area contributed by atoms with Crippen LogP contribution in [0.3, 0.4) is 0 Å². The first-order valence-corrected chi connectivity index (χ1v) is 9.94. The number of hydrogen-bond acceptors (Lipinski definition) is 6. The smallest absolute Gasteiger partial charge is 0.0909 e. The second-order valence-electron chi connectivity index (χ2n) is 5.55. The van der Waals surface area contributed by atoms with Crippen LogP contribution < -0.4 is 0 Å². The molecule has 0 saturated heterocycles. The van der Waals surface area contributed by atoms with Crippen molar-refractivity contribution in [3.8, 4) is 0 Å². The minimum absolute atomic E-state index is 0.615. The van der Waals surface area contributed by atoms with Crippen LogP contribution in [-0.2, 0) is 0 Å². The summed E-state index contributed by atoms with van der Waals surface area (Å²) in [6, 6.07) is 11.6. The molecule has 2 heterocycles. The number of rotatable bonds is 8. The Labute approximate surface area is 172 Å². The van der Waals surface area contributed by atoms with Gasteiger partial charge in [0.25, 0.3) is 0 Å². The molecule has 0 radical (unpaired) electrons. The van der Waals surface area contributed by atoms with E-state index in [0.29, 0.717) is 22.7 Å². The molecule has 0 aliphatic rings. The van der Waals surface area contributed by atoms with Gasteiger partial charge in [0.15, 0.2) is 0 Å². The van der Waals surface area contributed by atoms with E-state index in [-0.39, 0.29) is 0 Å². The fourth-order valence-electron chi connectivity index (χ4n) is 2.38. The van der Waals surface area contributed by atoms with Gasteiger partial charge in [0.1, 0.15) is 0 Å². The van der Waals surface area contributed by atoms with Crippen LogP contribution in [0.25, 0.3) is 12.2 Å². The maximum absolute atomic E-state index is 4.62. The molecule has 4 nitrogen and oxygen atoms in total. The van der Waals surface area contributed by atoms with Crippen molar-refractivity contribution >= 4 is 83.4 Å². The summed E-state index contributed by atoms with van der Waals surface area (Å²) in [5.74, 6) is 0. The molecule has 3 aromatic rings. The van der Waals surface area contributed by atoms with Crippen LogP contribution in [-0.4, -0.2) is 25.9 Å². The Balaban J connectivity index is 2.00. The fraction of sp³-hybridized carbons (Fsp3) is 0. The van der Waals surface area contributed by atoms with E-state index in [2.05, 4.69) is 46.6 Å². The van der Waals surface area contributed by atoms with Gasteiger partial charge in [-0.25, -0.2) is 0 Å². The minimum atomic E-state index is 0.615. The monoisotopic (exact) mass is 402 g/mol. The standard InChI is InChI=1S/C22H18N4S2/c1-5-15-7-9-17(27-15)13-25-21-11-19(23-3)20(24-4)12-22(21)26-14-18-10-8-16(6-2)28-18/h5-14H,1-4H2/b25-13+,26-14?. The molecule has 0 unspecified atom stereocenters. The largest absolute Gasteiger partial charge is 0.262 e. The van der Waals surface area contributed by atoms with Gasteiger partial charge in [0.2, 0.25) is 0 Å². The lowest BCUT2D eigenvalue weighted by molar-refractivity contribution is 1.41. The molecule has 3 rings (SSSR count). The van der Waals surface area contributed by atoms with Crippen molar-refractivity contribution in [3.63, 3.8) is 0 Å². The molecule has 1 aromatic carbocycles. The highest BCUT2D eigenvalue weighted by Gasteiger charge is 2.08. The van der Waals surface area contributed by atoms with Crippen LogP contribution in [0.4, 0.5) is 22.7 Å². The summed E-state index contributed by atoms with van der Waals surface area (Å²) in [5.41, 5.74) is 2.59. The predicted octanol–water partition coefficient (Wildman–Crippen LogP) is 7.26. The quantitative estimate of drug-likeness (QED) is 0.356. The van der Waals surface area contributed by atoms with Gasteiger partial charge in [-0.2, -0.15) is 0 Å². The Bertz CT molecular complexity index is 1010. The molecule has 6 heteroatoms. The lowest BCUT2D eigenvalue weighted by Crippen LogP contribution is -1.78. The van der Waals surface area contributed by atoms with E-state index >= 15 is 0 Å².